The summed E-state index contributed by atoms with van der Waals surface area (Å²) in [6.45, 7) is 6.75. The van der Waals surface area contributed by atoms with Crippen LogP contribution in [0.25, 0.3) is 0 Å². The third-order valence-corrected chi connectivity index (χ3v) is 5.60. The Bertz CT molecular complexity index is 866. The highest BCUT2D eigenvalue weighted by molar-refractivity contribution is 6.02. The molecule has 7 heteroatoms. The van der Waals surface area contributed by atoms with E-state index in [2.05, 4.69) is 20.2 Å². The first kappa shape index (κ1) is 18.7. The molecule has 0 unspecified atom stereocenters. The maximum Gasteiger partial charge on any atom is 0.235 e. The highest BCUT2D eigenvalue weighted by Gasteiger charge is 2.53. The van der Waals surface area contributed by atoms with Gasteiger partial charge in [-0.1, -0.05) is 18.2 Å². The van der Waals surface area contributed by atoms with Gasteiger partial charge >= 0.3 is 0 Å². The molecule has 2 fully saturated rings. The van der Waals surface area contributed by atoms with Crippen LogP contribution in [-0.4, -0.2) is 49.3 Å². The quantitative estimate of drug-likeness (QED) is 0.857. The van der Waals surface area contributed by atoms with Gasteiger partial charge in [0.1, 0.15) is 5.75 Å². The lowest BCUT2D eigenvalue weighted by molar-refractivity contribution is -0.118. The Morgan fingerprint density at radius 2 is 1.79 bits per heavy atom. The van der Waals surface area contributed by atoms with Gasteiger partial charge in [-0.15, -0.1) is 0 Å². The van der Waals surface area contributed by atoms with E-state index in [0.29, 0.717) is 24.8 Å². The van der Waals surface area contributed by atoms with Crippen LogP contribution in [0, 0.1) is 13.8 Å². The van der Waals surface area contributed by atoms with Crippen LogP contribution in [0.1, 0.15) is 29.8 Å². The summed E-state index contributed by atoms with van der Waals surface area (Å²) in [5.74, 6) is 1.43. The minimum absolute atomic E-state index is 0.0223. The zero-order chi connectivity index (χ0) is 19.7. The number of ether oxygens (including phenoxy) is 2. The zero-order valence-corrected chi connectivity index (χ0v) is 16.6. The van der Waals surface area contributed by atoms with Crippen molar-refractivity contribution in [2.45, 2.75) is 32.1 Å². The molecule has 1 aromatic heterocycles. The number of para-hydroxylation sites is 1. The number of hydrogen-bond acceptors (Lipinski definition) is 6. The number of nitrogens with zero attached hydrogens (tertiary/aromatic N) is 3. The molecule has 1 aromatic carbocycles. The van der Waals surface area contributed by atoms with E-state index >= 15 is 0 Å². The van der Waals surface area contributed by atoms with Gasteiger partial charge in [0.05, 0.1) is 42.8 Å². The molecule has 148 valence electrons. The lowest BCUT2D eigenvalue weighted by Gasteiger charge is -2.27. The Labute approximate surface area is 165 Å². The number of methoxy groups -OCH3 is 1. The van der Waals surface area contributed by atoms with Gasteiger partial charge in [-0.05, 0) is 32.8 Å². The molecule has 1 saturated heterocycles. The van der Waals surface area contributed by atoms with Crippen LogP contribution in [-0.2, 0) is 14.9 Å². The minimum Gasteiger partial charge on any atom is -0.496 e. The number of aryl methyl sites for hydroxylation is 2. The SMILES string of the molecule is COc1ccccc1C1(C(=O)Nc2c(C)nc(N3CCOCC3)nc2C)CC1. The third-order valence-electron chi connectivity index (χ3n) is 5.60. The second-order valence-electron chi connectivity index (χ2n) is 7.41. The molecule has 1 amide bonds. The molecule has 2 aliphatic rings. The number of amides is 1. The summed E-state index contributed by atoms with van der Waals surface area (Å²) in [4.78, 5) is 24.6. The van der Waals surface area contributed by atoms with Crippen LogP contribution in [0.3, 0.4) is 0 Å². The number of rotatable bonds is 5. The Morgan fingerprint density at radius 1 is 1.14 bits per heavy atom. The largest absolute Gasteiger partial charge is 0.496 e. The van der Waals surface area contributed by atoms with Gasteiger partial charge in [-0.25, -0.2) is 9.97 Å². The third kappa shape index (κ3) is 3.30. The molecule has 0 atom stereocenters. The summed E-state index contributed by atoms with van der Waals surface area (Å²) in [5.41, 5.74) is 2.66. The van der Waals surface area contributed by atoms with Crippen molar-refractivity contribution in [2.24, 2.45) is 0 Å². The minimum atomic E-state index is -0.533. The fraction of sp³-hybridized carbons (Fsp3) is 0.476. The molecule has 2 aromatic rings. The summed E-state index contributed by atoms with van der Waals surface area (Å²) in [6.07, 6.45) is 1.62. The normalized spacial score (nSPS) is 17.9. The fourth-order valence-corrected chi connectivity index (χ4v) is 3.80. The van der Waals surface area contributed by atoms with Gasteiger partial charge in [0.2, 0.25) is 11.9 Å². The van der Waals surface area contributed by atoms with E-state index in [-0.39, 0.29) is 5.91 Å². The smallest absolute Gasteiger partial charge is 0.235 e. The number of benzene rings is 1. The summed E-state index contributed by atoms with van der Waals surface area (Å²) in [5, 5.41) is 3.10. The van der Waals surface area contributed by atoms with E-state index in [0.717, 1.165) is 48.6 Å². The molecule has 1 saturated carbocycles. The van der Waals surface area contributed by atoms with Crippen LogP contribution in [0.15, 0.2) is 24.3 Å². The number of morpholine rings is 1. The highest BCUT2D eigenvalue weighted by Crippen LogP contribution is 2.52. The average molecular weight is 382 g/mol. The van der Waals surface area contributed by atoms with E-state index in [1.807, 2.05) is 38.1 Å². The predicted octanol–water partition coefficient (Wildman–Crippen LogP) is 2.61. The van der Waals surface area contributed by atoms with Crippen molar-refractivity contribution in [2.75, 3.05) is 43.6 Å². The lowest BCUT2D eigenvalue weighted by Crippen LogP contribution is -2.37. The Kier molecular flexibility index (Phi) is 4.93. The van der Waals surface area contributed by atoms with Crippen LogP contribution < -0.4 is 15.0 Å². The lowest BCUT2D eigenvalue weighted by atomic mass is 9.93. The van der Waals surface area contributed by atoms with Crippen molar-refractivity contribution in [3.8, 4) is 5.75 Å². The van der Waals surface area contributed by atoms with Crippen molar-refractivity contribution in [1.82, 2.24) is 9.97 Å². The van der Waals surface area contributed by atoms with Gasteiger partial charge in [0, 0.05) is 18.7 Å². The summed E-state index contributed by atoms with van der Waals surface area (Å²) >= 11 is 0. The molecule has 0 bridgehead atoms. The first-order valence-corrected chi connectivity index (χ1v) is 9.68. The molecule has 0 radical (unpaired) electrons. The monoisotopic (exact) mass is 382 g/mol. The number of carbonyl (C=O) groups is 1. The van der Waals surface area contributed by atoms with Gasteiger partial charge in [-0.2, -0.15) is 0 Å². The number of anilines is 2. The molecular formula is C21H26N4O3. The first-order valence-electron chi connectivity index (χ1n) is 9.68. The number of nitrogens with one attached hydrogen (secondary N) is 1. The molecule has 7 nitrogen and oxygen atoms in total. The maximum atomic E-state index is 13.2. The number of carbonyl (C=O) groups excluding carboxylic acids is 1. The number of aromatic nitrogens is 2. The Balaban J connectivity index is 1.58. The van der Waals surface area contributed by atoms with Gasteiger partial charge in [0.25, 0.3) is 0 Å². The van der Waals surface area contributed by atoms with Crippen LogP contribution >= 0.6 is 0 Å². The number of hydrogen-bond donors (Lipinski definition) is 1. The fourth-order valence-electron chi connectivity index (χ4n) is 3.80. The molecule has 1 N–H and O–H groups in total. The second-order valence-corrected chi connectivity index (χ2v) is 7.41. The van der Waals surface area contributed by atoms with Crippen LogP contribution in [0.2, 0.25) is 0 Å². The molecular weight excluding hydrogens is 356 g/mol. The molecule has 1 aliphatic heterocycles. The molecule has 4 rings (SSSR count). The van der Waals surface area contributed by atoms with Crippen molar-refractivity contribution in [3.05, 3.63) is 41.2 Å². The van der Waals surface area contributed by atoms with E-state index in [1.54, 1.807) is 7.11 Å². The van der Waals surface area contributed by atoms with Crippen molar-refractivity contribution < 1.29 is 14.3 Å². The summed E-state index contributed by atoms with van der Waals surface area (Å²) in [7, 11) is 1.64. The summed E-state index contributed by atoms with van der Waals surface area (Å²) < 4.78 is 10.9. The van der Waals surface area contributed by atoms with E-state index < -0.39 is 5.41 Å². The molecule has 1 aliphatic carbocycles. The van der Waals surface area contributed by atoms with Crippen molar-refractivity contribution in [3.63, 3.8) is 0 Å². The van der Waals surface area contributed by atoms with Crippen molar-refractivity contribution >= 4 is 17.5 Å². The second kappa shape index (κ2) is 7.39. The van der Waals surface area contributed by atoms with Crippen LogP contribution in [0.5, 0.6) is 5.75 Å². The first-order chi connectivity index (χ1) is 13.5. The van der Waals surface area contributed by atoms with Gasteiger partial charge in [0.15, 0.2) is 0 Å². The van der Waals surface area contributed by atoms with Gasteiger partial charge < -0.3 is 19.7 Å². The highest BCUT2D eigenvalue weighted by atomic mass is 16.5. The maximum absolute atomic E-state index is 13.2. The average Bonchev–Trinajstić information content (AvgIpc) is 3.53. The van der Waals surface area contributed by atoms with Crippen LogP contribution in [0.4, 0.5) is 11.6 Å². The molecule has 2 heterocycles. The van der Waals surface area contributed by atoms with Gasteiger partial charge in [-0.3, -0.25) is 4.79 Å². The topological polar surface area (TPSA) is 76.6 Å². The van der Waals surface area contributed by atoms with E-state index in [1.165, 1.54) is 0 Å². The summed E-state index contributed by atoms with van der Waals surface area (Å²) in [6, 6.07) is 7.74. The Morgan fingerprint density at radius 3 is 2.39 bits per heavy atom. The van der Waals surface area contributed by atoms with E-state index in [9.17, 15) is 4.79 Å². The standard InChI is InChI=1S/C21H26N4O3/c1-14-18(15(2)23-20(22-14)25-10-12-28-13-11-25)24-19(26)21(8-9-21)16-6-4-5-7-17(16)27-3/h4-7H,8-13H2,1-3H3,(H,24,26). The predicted molar refractivity (Wildman–Crippen MR) is 107 cm³/mol. The zero-order valence-electron chi connectivity index (χ0n) is 16.6. The van der Waals surface area contributed by atoms with E-state index in [4.69, 9.17) is 9.47 Å². The Hall–Kier alpha value is -2.67. The molecule has 28 heavy (non-hydrogen) atoms. The molecule has 0 spiro atoms. The van der Waals surface area contributed by atoms with Crippen molar-refractivity contribution in [1.29, 1.82) is 0 Å².